The lowest BCUT2D eigenvalue weighted by Crippen LogP contribution is -2.17. The van der Waals surface area contributed by atoms with Gasteiger partial charge in [0.15, 0.2) is 0 Å². The van der Waals surface area contributed by atoms with Crippen molar-refractivity contribution in [3.63, 3.8) is 0 Å². The number of carboxylic acid groups (broad SMARTS) is 1. The van der Waals surface area contributed by atoms with Gasteiger partial charge < -0.3 is 9.67 Å². The van der Waals surface area contributed by atoms with E-state index in [-0.39, 0.29) is 11.5 Å². The SMILES string of the molecule is Cc1ccc(C(=O)N/N=C\c2cccn2-c2ccc(C(=O)O)cc2)cc1. The van der Waals surface area contributed by atoms with Crippen LogP contribution in [0.2, 0.25) is 0 Å². The van der Waals surface area contributed by atoms with E-state index < -0.39 is 5.97 Å². The molecular formula is C20H17N3O3. The molecule has 0 spiro atoms. The summed E-state index contributed by atoms with van der Waals surface area (Å²) in [4.78, 5) is 23.0. The van der Waals surface area contributed by atoms with Gasteiger partial charge >= 0.3 is 5.97 Å². The van der Waals surface area contributed by atoms with Gasteiger partial charge in [-0.25, -0.2) is 10.2 Å². The van der Waals surface area contributed by atoms with Gasteiger partial charge in [0.2, 0.25) is 0 Å². The van der Waals surface area contributed by atoms with Crippen LogP contribution in [0.25, 0.3) is 5.69 Å². The summed E-state index contributed by atoms with van der Waals surface area (Å²) in [5, 5.41) is 13.0. The minimum atomic E-state index is -0.968. The summed E-state index contributed by atoms with van der Waals surface area (Å²) in [5.41, 5.74) is 5.88. The van der Waals surface area contributed by atoms with E-state index in [1.807, 2.05) is 42.0 Å². The van der Waals surface area contributed by atoms with E-state index >= 15 is 0 Å². The molecule has 2 N–H and O–H groups in total. The molecule has 0 aliphatic rings. The van der Waals surface area contributed by atoms with Crippen molar-refractivity contribution in [1.29, 1.82) is 0 Å². The van der Waals surface area contributed by atoms with Crippen molar-refractivity contribution in [1.82, 2.24) is 9.99 Å². The molecule has 1 heterocycles. The minimum Gasteiger partial charge on any atom is -0.478 e. The minimum absolute atomic E-state index is 0.224. The molecule has 1 aromatic heterocycles. The Balaban J connectivity index is 1.72. The number of nitrogens with one attached hydrogen (secondary N) is 1. The fourth-order valence-electron chi connectivity index (χ4n) is 2.43. The maximum atomic E-state index is 12.1. The molecule has 6 nitrogen and oxygen atoms in total. The zero-order valence-electron chi connectivity index (χ0n) is 14.1. The van der Waals surface area contributed by atoms with Crippen LogP contribution in [0, 0.1) is 6.92 Å². The topological polar surface area (TPSA) is 83.7 Å². The van der Waals surface area contributed by atoms with Gasteiger partial charge in [0.05, 0.1) is 17.5 Å². The first kappa shape index (κ1) is 17.2. The van der Waals surface area contributed by atoms with Crippen molar-refractivity contribution < 1.29 is 14.7 Å². The molecule has 0 radical (unpaired) electrons. The monoisotopic (exact) mass is 347 g/mol. The largest absolute Gasteiger partial charge is 0.478 e. The first-order valence-corrected chi connectivity index (χ1v) is 7.96. The highest BCUT2D eigenvalue weighted by molar-refractivity contribution is 5.94. The number of amides is 1. The van der Waals surface area contributed by atoms with Crippen molar-refractivity contribution in [2.75, 3.05) is 0 Å². The number of hydrazone groups is 1. The molecule has 0 atom stereocenters. The van der Waals surface area contributed by atoms with E-state index in [4.69, 9.17) is 5.11 Å². The summed E-state index contributed by atoms with van der Waals surface area (Å²) in [7, 11) is 0. The number of aromatic nitrogens is 1. The van der Waals surface area contributed by atoms with Crippen LogP contribution < -0.4 is 5.43 Å². The smallest absolute Gasteiger partial charge is 0.335 e. The second-order valence-corrected chi connectivity index (χ2v) is 5.72. The number of carbonyl (C=O) groups excluding carboxylic acids is 1. The Bertz CT molecular complexity index is 955. The predicted molar refractivity (Wildman–Crippen MR) is 99.0 cm³/mol. The van der Waals surface area contributed by atoms with Gasteiger partial charge in [0, 0.05) is 17.4 Å². The van der Waals surface area contributed by atoms with Crippen LogP contribution in [0.3, 0.4) is 0 Å². The van der Waals surface area contributed by atoms with Crippen molar-refractivity contribution >= 4 is 18.1 Å². The molecule has 0 fully saturated rings. The van der Waals surface area contributed by atoms with E-state index in [1.54, 1.807) is 24.3 Å². The van der Waals surface area contributed by atoms with Crippen LogP contribution in [-0.2, 0) is 0 Å². The van der Waals surface area contributed by atoms with Gasteiger partial charge in [-0.05, 0) is 55.5 Å². The number of aromatic carboxylic acids is 1. The Morgan fingerprint density at radius 2 is 1.65 bits per heavy atom. The lowest BCUT2D eigenvalue weighted by molar-refractivity contribution is 0.0696. The lowest BCUT2D eigenvalue weighted by Gasteiger charge is -2.06. The number of nitrogens with zero attached hydrogens (tertiary/aromatic N) is 2. The van der Waals surface area contributed by atoms with Crippen molar-refractivity contribution in [2.45, 2.75) is 6.92 Å². The van der Waals surface area contributed by atoms with Crippen LogP contribution in [0.1, 0.15) is 32.0 Å². The second-order valence-electron chi connectivity index (χ2n) is 5.72. The maximum absolute atomic E-state index is 12.1. The van der Waals surface area contributed by atoms with E-state index in [0.717, 1.165) is 16.9 Å². The lowest BCUT2D eigenvalue weighted by atomic mass is 10.1. The van der Waals surface area contributed by atoms with Gasteiger partial charge in [0.1, 0.15) is 0 Å². The zero-order chi connectivity index (χ0) is 18.5. The third-order valence-electron chi connectivity index (χ3n) is 3.85. The third kappa shape index (κ3) is 3.87. The normalized spacial score (nSPS) is 10.8. The molecule has 0 aliphatic heterocycles. The van der Waals surface area contributed by atoms with Crippen LogP contribution in [0.4, 0.5) is 0 Å². The second kappa shape index (κ2) is 7.48. The van der Waals surface area contributed by atoms with Gasteiger partial charge in [-0.2, -0.15) is 5.10 Å². The molecule has 3 aromatic rings. The Morgan fingerprint density at radius 3 is 2.31 bits per heavy atom. The Hall–Kier alpha value is -3.67. The summed E-state index contributed by atoms with van der Waals surface area (Å²) in [6.45, 7) is 1.96. The number of hydrogen-bond acceptors (Lipinski definition) is 3. The first-order valence-electron chi connectivity index (χ1n) is 7.96. The van der Waals surface area contributed by atoms with Gasteiger partial charge in [0.25, 0.3) is 5.91 Å². The molecule has 0 bridgehead atoms. The summed E-state index contributed by atoms with van der Waals surface area (Å²) >= 11 is 0. The molecule has 3 rings (SSSR count). The van der Waals surface area contributed by atoms with Crippen LogP contribution in [0.15, 0.2) is 72.0 Å². The average molecular weight is 347 g/mol. The van der Waals surface area contributed by atoms with Gasteiger partial charge in [-0.1, -0.05) is 17.7 Å². The molecule has 26 heavy (non-hydrogen) atoms. The molecule has 130 valence electrons. The Kier molecular flexibility index (Phi) is 4.94. The predicted octanol–water partition coefficient (Wildman–Crippen LogP) is 3.25. The molecule has 0 unspecified atom stereocenters. The summed E-state index contributed by atoms with van der Waals surface area (Å²) in [5.74, 6) is -1.25. The number of benzene rings is 2. The fourth-order valence-corrected chi connectivity index (χ4v) is 2.43. The van der Waals surface area contributed by atoms with Crippen molar-refractivity contribution in [3.05, 3.63) is 89.2 Å². The van der Waals surface area contributed by atoms with Gasteiger partial charge in [-0.3, -0.25) is 4.79 Å². The van der Waals surface area contributed by atoms with Crippen molar-refractivity contribution in [2.24, 2.45) is 5.10 Å². The number of hydrogen-bond donors (Lipinski definition) is 2. The molecule has 6 heteroatoms. The van der Waals surface area contributed by atoms with Crippen LogP contribution >= 0.6 is 0 Å². The van der Waals surface area contributed by atoms with E-state index in [0.29, 0.717) is 5.56 Å². The fraction of sp³-hybridized carbons (Fsp3) is 0.0500. The maximum Gasteiger partial charge on any atom is 0.335 e. The van der Waals surface area contributed by atoms with Crippen LogP contribution in [0.5, 0.6) is 0 Å². The third-order valence-corrected chi connectivity index (χ3v) is 3.85. The zero-order valence-corrected chi connectivity index (χ0v) is 14.1. The highest BCUT2D eigenvalue weighted by atomic mass is 16.4. The van der Waals surface area contributed by atoms with Crippen molar-refractivity contribution in [3.8, 4) is 5.69 Å². The summed E-state index contributed by atoms with van der Waals surface area (Å²) < 4.78 is 1.84. The molecule has 0 aliphatic carbocycles. The standard InChI is InChI=1S/C20H17N3O3/c1-14-4-6-15(7-5-14)19(24)22-21-13-18-3-2-12-23(18)17-10-8-16(9-11-17)20(25)26/h2-13H,1H3,(H,22,24)(H,25,26)/b21-13-. The van der Waals surface area contributed by atoms with Crippen LogP contribution in [-0.4, -0.2) is 27.8 Å². The number of carboxylic acids is 1. The summed E-state index contributed by atoms with van der Waals surface area (Å²) in [6, 6.07) is 17.4. The summed E-state index contributed by atoms with van der Waals surface area (Å²) in [6.07, 6.45) is 3.37. The highest BCUT2D eigenvalue weighted by Gasteiger charge is 2.06. The Morgan fingerprint density at radius 1 is 1.00 bits per heavy atom. The Labute approximate surface area is 150 Å². The highest BCUT2D eigenvalue weighted by Crippen LogP contribution is 2.13. The van der Waals surface area contributed by atoms with E-state index in [2.05, 4.69) is 10.5 Å². The number of carbonyl (C=O) groups is 2. The quantitative estimate of drug-likeness (QED) is 0.549. The molecular weight excluding hydrogens is 330 g/mol. The molecule has 1 amide bonds. The number of aryl methyl sites for hydroxylation is 1. The molecule has 0 saturated carbocycles. The number of rotatable bonds is 5. The van der Waals surface area contributed by atoms with Gasteiger partial charge in [-0.15, -0.1) is 0 Å². The first-order chi connectivity index (χ1) is 12.5. The van der Waals surface area contributed by atoms with E-state index in [1.165, 1.54) is 18.3 Å². The molecule has 0 saturated heterocycles. The molecule has 2 aromatic carbocycles. The average Bonchev–Trinajstić information content (AvgIpc) is 3.10. The van der Waals surface area contributed by atoms with E-state index in [9.17, 15) is 9.59 Å².